The number of para-hydroxylation sites is 1. The molecule has 1 aromatic rings. The molecule has 0 saturated heterocycles. The van der Waals surface area contributed by atoms with Crippen molar-refractivity contribution < 1.29 is 14.3 Å². The highest BCUT2D eigenvalue weighted by Crippen LogP contribution is 2.49. The van der Waals surface area contributed by atoms with Crippen LogP contribution in [0.4, 0.5) is 0 Å². The van der Waals surface area contributed by atoms with Crippen LogP contribution in [0.3, 0.4) is 0 Å². The topological polar surface area (TPSA) is 73.6 Å². The Balaban J connectivity index is 1.85. The molecular formula is C18H28N2O3. The summed E-state index contributed by atoms with van der Waals surface area (Å²) in [7, 11) is 0. The number of hydrogen-bond acceptors (Lipinski definition) is 4. The molecule has 0 aliphatic heterocycles. The third-order valence-electron chi connectivity index (χ3n) is 4.87. The number of carbonyl (C=O) groups excluding carboxylic acids is 1. The predicted octanol–water partition coefficient (Wildman–Crippen LogP) is 2.10. The van der Waals surface area contributed by atoms with E-state index < -0.39 is 5.54 Å². The molecule has 1 aliphatic carbocycles. The van der Waals surface area contributed by atoms with Crippen molar-refractivity contribution in [2.45, 2.75) is 51.9 Å². The lowest BCUT2D eigenvalue weighted by Gasteiger charge is -2.57. The Morgan fingerprint density at radius 3 is 2.61 bits per heavy atom. The summed E-state index contributed by atoms with van der Waals surface area (Å²) < 4.78 is 11.4. The van der Waals surface area contributed by atoms with Gasteiger partial charge in [-0.05, 0) is 26.0 Å². The van der Waals surface area contributed by atoms with Crippen LogP contribution in [0.5, 0.6) is 5.75 Å². The summed E-state index contributed by atoms with van der Waals surface area (Å²) in [6.07, 6.45) is 0.449. The molecular weight excluding hydrogens is 292 g/mol. The normalized spacial score (nSPS) is 26.9. The van der Waals surface area contributed by atoms with Gasteiger partial charge in [0.15, 0.2) is 0 Å². The molecule has 1 saturated carbocycles. The van der Waals surface area contributed by atoms with Crippen molar-refractivity contribution in [1.82, 2.24) is 5.32 Å². The molecule has 0 bridgehead atoms. The Morgan fingerprint density at radius 2 is 2.04 bits per heavy atom. The lowest BCUT2D eigenvalue weighted by Crippen LogP contribution is -2.76. The summed E-state index contributed by atoms with van der Waals surface area (Å²) in [5, 5.41) is 2.92. The van der Waals surface area contributed by atoms with Crippen LogP contribution in [0.25, 0.3) is 0 Å². The van der Waals surface area contributed by atoms with E-state index in [1.54, 1.807) is 0 Å². The van der Waals surface area contributed by atoms with E-state index in [0.717, 1.165) is 5.75 Å². The van der Waals surface area contributed by atoms with Gasteiger partial charge in [-0.15, -0.1) is 0 Å². The van der Waals surface area contributed by atoms with E-state index in [1.165, 1.54) is 0 Å². The zero-order valence-corrected chi connectivity index (χ0v) is 14.5. The van der Waals surface area contributed by atoms with Gasteiger partial charge >= 0.3 is 0 Å². The van der Waals surface area contributed by atoms with Crippen molar-refractivity contribution in [3.8, 4) is 5.75 Å². The number of benzene rings is 1. The Morgan fingerprint density at radius 1 is 1.39 bits per heavy atom. The standard InChI is InChI=1S/C18H28N2O3/c1-5-22-15-11-18(19,17(15,3)4)16(21)20-12-13(2)23-14-9-7-6-8-10-14/h6-10,13,15H,5,11-12,19H2,1-4H3,(H,20,21). The molecule has 0 aromatic heterocycles. The first-order valence-electron chi connectivity index (χ1n) is 8.21. The minimum absolute atomic E-state index is 0.0289. The first kappa shape index (κ1) is 17.8. The second kappa shape index (κ2) is 6.89. The number of nitrogens with one attached hydrogen (secondary N) is 1. The minimum atomic E-state index is -0.890. The van der Waals surface area contributed by atoms with E-state index in [-0.39, 0.29) is 23.5 Å². The monoisotopic (exact) mass is 320 g/mol. The zero-order valence-electron chi connectivity index (χ0n) is 14.5. The molecule has 3 atom stereocenters. The molecule has 0 radical (unpaired) electrons. The van der Waals surface area contributed by atoms with E-state index in [0.29, 0.717) is 19.6 Å². The number of amides is 1. The van der Waals surface area contributed by atoms with Crippen molar-refractivity contribution in [3.63, 3.8) is 0 Å². The van der Waals surface area contributed by atoms with Crippen LogP contribution in [0, 0.1) is 5.41 Å². The summed E-state index contributed by atoms with van der Waals surface area (Å²) in [4.78, 5) is 12.5. The van der Waals surface area contributed by atoms with Crippen LogP contribution in [0.1, 0.15) is 34.1 Å². The highest BCUT2D eigenvalue weighted by atomic mass is 16.5. The van der Waals surface area contributed by atoms with Gasteiger partial charge in [0.1, 0.15) is 17.4 Å². The highest BCUT2D eigenvalue weighted by Gasteiger charge is 2.62. The SMILES string of the molecule is CCOC1CC(N)(C(=O)NCC(C)Oc2ccccc2)C1(C)C. The van der Waals surface area contributed by atoms with Crippen molar-refractivity contribution >= 4 is 5.91 Å². The van der Waals surface area contributed by atoms with E-state index in [9.17, 15) is 4.79 Å². The van der Waals surface area contributed by atoms with Crippen molar-refractivity contribution in [1.29, 1.82) is 0 Å². The summed E-state index contributed by atoms with van der Waals surface area (Å²) in [5.41, 5.74) is 5.08. The molecule has 128 valence electrons. The third-order valence-corrected chi connectivity index (χ3v) is 4.87. The lowest BCUT2D eigenvalue weighted by molar-refractivity contribution is -0.170. The summed E-state index contributed by atoms with van der Waals surface area (Å²) >= 11 is 0. The molecule has 1 aromatic carbocycles. The Hall–Kier alpha value is -1.59. The van der Waals surface area contributed by atoms with Gasteiger partial charge in [0.25, 0.3) is 0 Å². The number of rotatable bonds is 7. The lowest BCUT2D eigenvalue weighted by atomic mass is 9.54. The predicted molar refractivity (Wildman–Crippen MR) is 90.3 cm³/mol. The Bertz CT molecular complexity index is 532. The van der Waals surface area contributed by atoms with E-state index in [4.69, 9.17) is 15.2 Å². The summed E-state index contributed by atoms with van der Waals surface area (Å²) in [5.74, 6) is 0.652. The Kier molecular flexibility index (Phi) is 5.32. The molecule has 3 unspecified atom stereocenters. The molecule has 5 nitrogen and oxygen atoms in total. The van der Waals surface area contributed by atoms with Gasteiger partial charge < -0.3 is 20.5 Å². The average molecular weight is 320 g/mol. The van der Waals surface area contributed by atoms with Gasteiger partial charge in [0, 0.05) is 18.4 Å². The van der Waals surface area contributed by atoms with Gasteiger partial charge in [0.05, 0.1) is 12.6 Å². The minimum Gasteiger partial charge on any atom is -0.489 e. The van der Waals surface area contributed by atoms with Gasteiger partial charge in [-0.3, -0.25) is 4.79 Å². The number of nitrogens with two attached hydrogens (primary N) is 1. The fourth-order valence-electron chi connectivity index (χ4n) is 2.99. The molecule has 1 aliphatic rings. The molecule has 0 heterocycles. The van der Waals surface area contributed by atoms with Crippen LogP contribution in [0.15, 0.2) is 30.3 Å². The van der Waals surface area contributed by atoms with E-state index in [1.807, 2.05) is 58.0 Å². The second-order valence-corrected chi connectivity index (χ2v) is 6.79. The highest BCUT2D eigenvalue weighted by molar-refractivity contribution is 5.88. The Labute approximate surface area is 138 Å². The first-order valence-corrected chi connectivity index (χ1v) is 8.21. The van der Waals surface area contributed by atoms with Gasteiger partial charge in [-0.1, -0.05) is 32.0 Å². The smallest absolute Gasteiger partial charge is 0.240 e. The van der Waals surface area contributed by atoms with E-state index in [2.05, 4.69) is 5.32 Å². The van der Waals surface area contributed by atoms with Gasteiger partial charge in [0.2, 0.25) is 5.91 Å². The largest absolute Gasteiger partial charge is 0.489 e. The van der Waals surface area contributed by atoms with Crippen LogP contribution < -0.4 is 15.8 Å². The maximum absolute atomic E-state index is 12.5. The molecule has 23 heavy (non-hydrogen) atoms. The molecule has 0 spiro atoms. The molecule has 5 heteroatoms. The second-order valence-electron chi connectivity index (χ2n) is 6.79. The molecule has 3 N–H and O–H groups in total. The van der Waals surface area contributed by atoms with Crippen LogP contribution in [-0.2, 0) is 9.53 Å². The molecule has 2 rings (SSSR count). The number of hydrogen-bond donors (Lipinski definition) is 2. The summed E-state index contributed by atoms with van der Waals surface area (Å²) in [6.45, 7) is 8.90. The van der Waals surface area contributed by atoms with Crippen LogP contribution >= 0.6 is 0 Å². The zero-order chi connectivity index (χ0) is 17.1. The van der Waals surface area contributed by atoms with Crippen LogP contribution in [-0.4, -0.2) is 36.8 Å². The van der Waals surface area contributed by atoms with Crippen molar-refractivity contribution in [2.75, 3.05) is 13.2 Å². The fourth-order valence-corrected chi connectivity index (χ4v) is 2.99. The number of ether oxygens (including phenoxy) is 2. The number of carbonyl (C=O) groups is 1. The fraction of sp³-hybridized carbons (Fsp3) is 0.611. The van der Waals surface area contributed by atoms with Crippen molar-refractivity contribution in [3.05, 3.63) is 30.3 Å². The van der Waals surface area contributed by atoms with Crippen LogP contribution in [0.2, 0.25) is 0 Å². The quantitative estimate of drug-likeness (QED) is 0.807. The average Bonchev–Trinajstić information content (AvgIpc) is 2.53. The van der Waals surface area contributed by atoms with Crippen molar-refractivity contribution in [2.24, 2.45) is 11.1 Å². The summed E-state index contributed by atoms with van der Waals surface area (Å²) in [6, 6.07) is 9.56. The van der Waals surface area contributed by atoms with Gasteiger partial charge in [-0.25, -0.2) is 0 Å². The van der Waals surface area contributed by atoms with E-state index >= 15 is 0 Å². The van der Waals surface area contributed by atoms with Gasteiger partial charge in [-0.2, -0.15) is 0 Å². The maximum atomic E-state index is 12.5. The maximum Gasteiger partial charge on any atom is 0.240 e. The molecule has 1 fully saturated rings. The molecule has 1 amide bonds. The third kappa shape index (κ3) is 3.51. The first-order chi connectivity index (χ1) is 10.8.